The monoisotopic (exact) mass is 437 g/mol. The number of carbonyl (C=O) groups excluding carboxylic acids is 2. The van der Waals surface area contributed by atoms with E-state index in [1.54, 1.807) is 23.1 Å². The highest BCUT2D eigenvalue weighted by molar-refractivity contribution is 6.33. The van der Waals surface area contributed by atoms with Crippen molar-refractivity contribution in [2.24, 2.45) is 0 Å². The summed E-state index contributed by atoms with van der Waals surface area (Å²) in [6.07, 6.45) is 0. The predicted molar refractivity (Wildman–Crippen MR) is 120 cm³/mol. The molecule has 0 aliphatic carbocycles. The van der Waals surface area contributed by atoms with Gasteiger partial charge in [-0.05, 0) is 29.8 Å². The number of piperazine rings is 1. The Hall–Kier alpha value is -3.09. The zero-order valence-electron chi connectivity index (χ0n) is 17.1. The van der Waals surface area contributed by atoms with Crippen LogP contribution in [0.4, 0.5) is 0 Å². The fourth-order valence-electron chi connectivity index (χ4n) is 3.58. The molecule has 1 saturated heterocycles. The molecule has 31 heavy (non-hydrogen) atoms. The molecule has 2 aromatic carbocycles. The van der Waals surface area contributed by atoms with Gasteiger partial charge in [0.1, 0.15) is 5.76 Å². The van der Waals surface area contributed by atoms with Gasteiger partial charge in [0.05, 0.1) is 11.6 Å². The van der Waals surface area contributed by atoms with Gasteiger partial charge >= 0.3 is 0 Å². The standard InChI is InChI=1S/C24H24ClN3O3/c25-20-9-5-4-8-19(20)21-10-11-22(31-21)24(30)28-14-12-27(13-15-28)17-23(29)26-16-18-6-2-1-3-7-18/h1-11H,12-17H2,(H,26,29). The van der Waals surface area contributed by atoms with E-state index in [1.165, 1.54) is 0 Å². The Bertz CT molecular complexity index is 1040. The summed E-state index contributed by atoms with van der Waals surface area (Å²) >= 11 is 6.22. The molecular weight excluding hydrogens is 414 g/mol. The average molecular weight is 438 g/mol. The van der Waals surface area contributed by atoms with Gasteiger partial charge in [-0.25, -0.2) is 0 Å². The molecule has 6 nitrogen and oxygen atoms in total. The van der Waals surface area contributed by atoms with E-state index >= 15 is 0 Å². The molecule has 0 spiro atoms. The number of rotatable bonds is 6. The number of benzene rings is 2. The Morgan fingerprint density at radius 3 is 2.35 bits per heavy atom. The van der Waals surface area contributed by atoms with Crippen LogP contribution in [0.15, 0.2) is 71.1 Å². The predicted octanol–water partition coefficient (Wildman–Crippen LogP) is 3.67. The summed E-state index contributed by atoms with van der Waals surface area (Å²) in [4.78, 5) is 28.9. The van der Waals surface area contributed by atoms with E-state index in [2.05, 4.69) is 10.2 Å². The topological polar surface area (TPSA) is 65.8 Å². The first kappa shape index (κ1) is 21.2. The van der Waals surface area contributed by atoms with Crippen molar-refractivity contribution in [1.29, 1.82) is 0 Å². The van der Waals surface area contributed by atoms with Crippen LogP contribution in [-0.4, -0.2) is 54.3 Å². The number of hydrogen-bond donors (Lipinski definition) is 1. The molecule has 1 aliphatic heterocycles. The van der Waals surface area contributed by atoms with Crippen LogP contribution < -0.4 is 5.32 Å². The molecule has 7 heteroatoms. The van der Waals surface area contributed by atoms with Crippen LogP contribution in [0.3, 0.4) is 0 Å². The highest BCUT2D eigenvalue weighted by atomic mass is 35.5. The highest BCUT2D eigenvalue weighted by Crippen LogP contribution is 2.29. The van der Waals surface area contributed by atoms with Crippen molar-refractivity contribution in [2.45, 2.75) is 6.54 Å². The Kier molecular flexibility index (Phi) is 6.70. The van der Waals surface area contributed by atoms with E-state index in [1.807, 2.05) is 48.5 Å². The third-order valence-corrected chi connectivity index (χ3v) is 5.64. The Morgan fingerprint density at radius 2 is 1.61 bits per heavy atom. The second kappa shape index (κ2) is 9.81. The molecular formula is C24H24ClN3O3. The van der Waals surface area contributed by atoms with Gasteiger partial charge in [0.2, 0.25) is 5.91 Å². The molecule has 0 bridgehead atoms. The number of amides is 2. The van der Waals surface area contributed by atoms with Crippen molar-refractivity contribution in [2.75, 3.05) is 32.7 Å². The first-order valence-corrected chi connectivity index (χ1v) is 10.6. The van der Waals surface area contributed by atoms with Crippen LogP contribution in [0.25, 0.3) is 11.3 Å². The first-order valence-electron chi connectivity index (χ1n) is 10.3. The summed E-state index contributed by atoms with van der Waals surface area (Å²) in [6.45, 7) is 3.22. The van der Waals surface area contributed by atoms with Crippen LogP contribution in [0, 0.1) is 0 Å². The third kappa shape index (κ3) is 5.34. The second-order valence-electron chi connectivity index (χ2n) is 7.47. The zero-order valence-corrected chi connectivity index (χ0v) is 17.8. The van der Waals surface area contributed by atoms with Crippen LogP contribution in [-0.2, 0) is 11.3 Å². The quantitative estimate of drug-likeness (QED) is 0.639. The minimum Gasteiger partial charge on any atom is -0.451 e. The van der Waals surface area contributed by atoms with Gasteiger partial charge in [-0.1, -0.05) is 54.1 Å². The molecule has 1 fully saturated rings. The zero-order chi connectivity index (χ0) is 21.6. The van der Waals surface area contributed by atoms with E-state index in [4.69, 9.17) is 16.0 Å². The fraction of sp³-hybridized carbons (Fsp3) is 0.250. The molecule has 1 N–H and O–H groups in total. The summed E-state index contributed by atoms with van der Waals surface area (Å²) in [6, 6.07) is 20.6. The van der Waals surface area contributed by atoms with Crippen LogP contribution in [0.5, 0.6) is 0 Å². The third-order valence-electron chi connectivity index (χ3n) is 5.32. The molecule has 0 unspecified atom stereocenters. The number of furan rings is 1. The Morgan fingerprint density at radius 1 is 0.903 bits per heavy atom. The molecule has 2 heterocycles. The minimum atomic E-state index is -0.147. The Labute approximate surface area is 186 Å². The lowest BCUT2D eigenvalue weighted by atomic mass is 10.2. The van der Waals surface area contributed by atoms with Gasteiger partial charge in [-0.2, -0.15) is 0 Å². The maximum atomic E-state index is 12.8. The molecule has 3 aromatic rings. The molecule has 0 saturated carbocycles. The number of hydrogen-bond acceptors (Lipinski definition) is 4. The number of carbonyl (C=O) groups is 2. The summed E-state index contributed by atoms with van der Waals surface area (Å²) in [5.74, 6) is 0.706. The average Bonchev–Trinajstić information content (AvgIpc) is 3.29. The van der Waals surface area contributed by atoms with Crippen molar-refractivity contribution >= 4 is 23.4 Å². The minimum absolute atomic E-state index is 0.0148. The van der Waals surface area contributed by atoms with E-state index in [9.17, 15) is 9.59 Å². The molecule has 1 aliphatic rings. The first-order chi connectivity index (χ1) is 15.1. The van der Waals surface area contributed by atoms with Gasteiger partial charge in [0.15, 0.2) is 5.76 Å². The number of halogens is 1. The summed E-state index contributed by atoms with van der Waals surface area (Å²) in [7, 11) is 0. The van der Waals surface area contributed by atoms with E-state index < -0.39 is 0 Å². The molecule has 160 valence electrons. The number of nitrogens with one attached hydrogen (secondary N) is 1. The lowest BCUT2D eigenvalue weighted by Crippen LogP contribution is -2.51. The summed E-state index contributed by atoms with van der Waals surface area (Å²) in [5.41, 5.74) is 1.83. The lowest BCUT2D eigenvalue weighted by Gasteiger charge is -2.33. The lowest BCUT2D eigenvalue weighted by molar-refractivity contribution is -0.122. The van der Waals surface area contributed by atoms with Crippen LogP contribution >= 0.6 is 11.6 Å². The van der Waals surface area contributed by atoms with Crippen molar-refractivity contribution in [3.63, 3.8) is 0 Å². The van der Waals surface area contributed by atoms with E-state index in [0.29, 0.717) is 55.8 Å². The fourth-order valence-corrected chi connectivity index (χ4v) is 3.81. The van der Waals surface area contributed by atoms with E-state index in [0.717, 1.165) is 11.1 Å². The normalized spacial score (nSPS) is 14.4. The smallest absolute Gasteiger partial charge is 0.289 e. The van der Waals surface area contributed by atoms with Gasteiger partial charge in [-0.15, -0.1) is 0 Å². The summed E-state index contributed by atoms with van der Waals surface area (Å²) < 4.78 is 5.78. The van der Waals surface area contributed by atoms with Crippen molar-refractivity contribution in [3.8, 4) is 11.3 Å². The molecule has 0 atom stereocenters. The van der Waals surface area contributed by atoms with Crippen LogP contribution in [0.2, 0.25) is 5.02 Å². The SMILES string of the molecule is O=C(CN1CCN(C(=O)c2ccc(-c3ccccc3Cl)o2)CC1)NCc1ccccc1. The molecule has 0 radical (unpaired) electrons. The Balaban J connectivity index is 1.26. The van der Waals surface area contributed by atoms with Gasteiger partial charge in [-0.3, -0.25) is 14.5 Å². The summed E-state index contributed by atoms with van der Waals surface area (Å²) in [5, 5.41) is 3.52. The molecule has 2 amide bonds. The molecule has 4 rings (SSSR count). The van der Waals surface area contributed by atoms with Crippen molar-refractivity contribution in [3.05, 3.63) is 83.1 Å². The van der Waals surface area contributed by atoms with Crippen molar-refractivity contribution in [1.82, 2.24) is 15.1 Å². The second-order valence-corrected chi connectivity index (χ2v) is 7.88. The van der Waals surface area contributed by atoms with Gasteiger partial charge < -0.3 is 14.6 Å². The maximum Gasteiger partial charge on any atom is 0.289 e. The van der Waals surface area contributed by atoms with Crippen molar-refractivity contribution < 1.29 is 14.0 Å². The largest absolute Gasteiger partial charge is 0.451 e. The highest BCUT2D eigenvalue weighted by Gasteiger charge is 2.25. The van der Waals surface area contributed by atoms with Crippen LogP contribution in [0.1, 0.15) is 16.1 Å². The number of nitrogens with zero attached hydrogens (tertiary/aromatic N) is 2. The van der Waals surface area contributed by atoms with Gasteiger partial charge in [0.25, 0.3) is 5.91 Å². The maximum absolute atomic E-state index is 12.8. The molecule has 1 aromatic heterocycles. The van der Waals surface area contributed by atoms with Gasteiger partial charge in [0, 0.05) is 38.3 Å². The van der Waals surface area contributed by atoms with E-state index in [-0.39, 0.29) is 11.8 Å².